The van der Waals surface area contributed by atoms with E-state index in [-0.39, 0.29) is 12.1 Å². The number of para-hydroxylation sites is 1. The van der Waals surface area contributed by atoms with E-state index in [9.17, 15) is 0 Å². The molecule has 3 rings (SSSR count). The molecule has 1 aliphatic heterocycles. The zero-order valence-corrected chi connectivity index (χ0v) is 12.1. The highest BCUT2D eigenvalue weighted by Crippen LogP contribution is 2.20. The Balaban J connectivity index is 1.79. The van der Waals surface area contributed by atoms with E-state index in [1.807, 2.05) is 18.7 Å². The molecule has 20 heavy (non-hydrogen) atoms. The number of morpholine rings is 1. The topological polar surface area (TPSA) is 56.3 Å². The molecule has 1 aliphatic rings. The molecule has 5 heteroatoms. The number of aromatic nitrogens is 2. The van der Waals surface area contributed by atoms with E-state index in [4.69, 9.17) is 10.5 Å². The molecule has 0 bridgehead atoms. The molecule has 2 atom stereocenters. The van der Waals surface area contributed by atoms with Crippen molar-refractivity contribution in [3.63, 3.8) is 0 Å². The van der Waals surface area contributed by atoms with Crippen LogP contribution in [-0.4, -0.2) is 46.5 Å². The van der Waals surface area contributed by atoms with Crippen LogP contribution in [0.25, 0.3) is 10.9 Å². The number of hydrogen-bond donors (Lipinski definition) is 1. The summed E-state index contributed by atoms with van der Waals surface area (Å²) in [6, 6.07) is 8.43. The maximum absolute atomic E-state index is 5.95. The summed E-state index contributed by atoms with van der Waals surface area (Å²) in [4.78, 5) is 2.38. The van der Waals surface area contributed by atoms with Crippen molar-refractivity contribution in [2.75, 3.05) is 19.7 Å². The van der Waals surface area contributed by atoms with Gasteiger partial charge in [-0.15, -0.1) is 0 Å². The molecule has 5 nitrogen and oxygen atoms in total. The van der Waals surface area contributed by atoms with Crippen molar-refractivity contribution >= 4 is 10.9 Å². The van der Waals surface area contributed by atoms with Gasteiger partial charge in [0, 0.05) is 38.1 Å². The summed E-state index contributed by atoms with van der Waals surface area (Å²) < 4.78 is 7.66. The van der Waals surface area contributed by atoms with Crippen LogP contribution in [-0.2, 0) is 18.3 Å². The number of nitrogens with two attached hydrogens (primary N) is 1. The maximum atomic E-state index is 5.95. The summed E-state index contributed by atoms with van der Waals surface area (Å²) in [7, 11) is 2.00. The van der Waals surface area contributed by atoms with Gasteiger partial charge < -0.3 is 10.5 Å². The van der Waals surface area contributed by atoms with Gasteiger partial charge >= 0.3 is 0 Å². The lowest BCUT2D eigenvalue weighted by Crippen LogP contribution is -2.49. The third kappa shape index (κ3) is 2.57. The molecule has 0 spiro atoms. The van der Waals surface area contributed by atoms with Crippen molar-refractivity contribution in [1.29, 1.82) is 0 Å². The van der Waals surface area contributed by atoms with Gasteiger partial charge in [-0.2, -0.15) is 5.10 Å². The number of ether oxygens (including phenoxy) is 1. The van der Waals surface area contributed by atoms with Crippen molar-refractivity contribution in [1.82, 2.24) is 14.7 Å². The van der Waals surface area contributed by atoms with Gasteiger partial charge in [0.15, 0.2) is 0 Å². The van der Waals surface area contributed by atoms with Gasteiger partial charge in [0.2, 0.25) is 0 Å². The zero-order chi connectivity index (χ0) is 14.1. The minimum absolute atomic E-state index is 0.0678. The molecular weight excluding hydrogens is 252 g/mol. The van der Waals surface area contributed by atoms with E-state index in [1.165, 1.54) is 10.9 Å². The van der Waals surface area contributed by atoms with Crippen LogP contribution >= 0.6 is 0 Å². The fraction of sp³-hybridized carbons (Fsp3) is 0.533. The van der Waals surface area contributed by atoms with E-state index in [1.54, 1.807) is 0 Å². The molecule has 0 saturated carbocycles. The van der Waals surface area contributed by atoms with E-state index in [2.05, 4.69) is 34.3 Å². The normalized spacial score (nSPS) is 22.2. The summed E-state index contributed by atoms with van der Waals surface area (Å²) in [5.74, 6) is 0. The van der Waals surface area contributed by atoms with Gasteiger partial charge in [0.1, 0.15) is 0 Å². The summed E-state index contributed by atoms with van der Waals surface area (Å²) >= 11 is 0. The van der Waals surface area contributed by atoms with Gasteiger partial charge in [-0.3, -0.25) is 9.58 Å². The average Bonchev–Trinajstić information content (AvgIpc) is 2.76. The first kappa shape index (κ1) is 13.5. The summed E-state index contributed by atoms with van der Waals surface area (Å²) in [5, 5.41) is 5.89. The number of hydrogen-bond acceptors (Lipinski definition) is 4. The number of fused-ring (bicyclic) bond motifs is 1. The van der Waals surface area contributed by atoms with Gasteiger partial charge in [-0.1, -0.05) is 18.2 Å². The van der Waals surface area contributed by atoms with Crippen LogP contribution in [0.2, 0.25) is 0 Å². The number of aryl methyl sites for hydroxylation is 1. The van der Waals surface area contributed by atoms with E-state index in [0.717, 1.165) is 31.9 Å². The molecule has 1 fully saturated rings. The molecule has 1 saturated heterocycles. The Kier molecular flexibility index (Phi) is 3.74. The van der Waals surface area contributed by atoms with Gasteiger partial charge in [-0.25, -0.2) is 0 Å². The lowest BCUT2D eigenvalue weighted by molar-refractivity contribution is -0.0406. The second kappa shape index (κ2) is 5.52. The number of nitrogens with zero attached hydrogens (tertiary/aromatic N) is 3. The Bertz CT molecular complexity index is 593. The molecule has 1 aromatic heterocycles. The SMILES string of the molecule is CC(N)C1CN(Cc2nn(C)c3ccccc23)CCO1. The predicted octanol–water partition coefficient (Wildman–Crippen LogP) is 1.12. The quantitative estimate of drug-likeness (QED) is 0.911. The highest BCUT2D eigenvalue weighted by atomic mass is 16.5. The predicted molar refractivity (Wildman–Crippen MR) is 79.4 cm³/mol. The molecule has 2 aromatic rings. The lowest BCUT2D eigenvalue weighted by atomic mass is 10.1. The van der Waals surface area contributed by atoms with Gasteiger partial charge in [-0.05, 0) is 13.0 Å². The maximum Gasteiger partial charge on any atom is 0.0850 e. The molecule has 2 N–H and O–H groups in total. The van der Waals surface area contributed by atoms with E-state index in [0.29, 0.717) is 0 Å². The van der Waals surface area contributed by atoms with Crippen molar-refractivity contribution in [3.8, 4) is 0 Å². The zero-order valence-electron chi connectivity index (χ0n) is 12.1. The third-order valence-electron chi connectivity index (χ3n) is 3.97. The van der Waals surface area contributed by atoms with Crippen LogP contribution in [0.5, 0.6) is 0 Å². The first-order valence-corrected chi connectivity index (χ1v) is 7.15. The minimum Gasteiger partial charge on any atom is -0.374 e. The molecule has 0 amide bonds. The third-order valence-corrected chi connectivity index (χ3v) is 3.97. The fourth-order valence-corrected chi connectivity index (χ4v) is 2.81. The summed E-state index contributed by atoms with van der Waals surface area (Å²) in [6.07, 6.45) is 0.124. The number of benzene rings is 1. The van der Waals surface area contributed by atoms with Gasteiger partial charge in [0.25, 0.3) is 0 Å². The van der Waals surface area contributed by atoms with Crippen LogP contribution in [0.4, 0.5) is 0 Å². The molecular formula is C15H22N4O. The van der Waals surface area contributed by atoms with Crippen molar-refractivity contribution in [2.24, 2.45) is 12.8 Å². The van der Waals surface area contributed by atoms with Crippen LogP contribution in [0.3, 0.4) is 0 Å². The molecule has 0 radical (unpaired) electrons. The Morgan fingerprint density at radius 2 is 2.25 bits per heavy atom. The molecule has 2 unspecified atom stereocenters. The average molecular weight is 274 g/mol. The number of rotatable bonds is 3. The van der Waals surface area contributed by atoms with E-state index >= 15 is 0 Å². The Labute approximate surface area is 119 Å². The highest BCUT2D eigenvalue weighted by molar-refractivity contribution is 5.81. The second-order valence-electron chi connectivity index (χ2n) is 5.59. The van der Waals surface area contributed by atoms with Crippen LogP contribution in [0.1, 0.15) is 12.6 Å². The van der Waals surface area contributed by atoms with Crippen LogP contribution in [0.15, 0.2) is 24.3 Å². The molecule has 1 aromatic carbocycles. The van der Waals surface area contributed by atoms with Crippen molar-refractivity contribution < 1.29 is 4.74 Å². The minimum atomic E-state index is 0.0678. The van der Waals surface area contributed by atoms with Gasteiger partial charge in [0.05, 0.1) is 23.9 Å². The van der Waals surface area contributed by atoms with Crippen LogP contribution in [0, 0.1) is 0 Å². The molecule has 0 aliphatic carbocycles. The second-order valence-corrected chi connectivity index (χ2v) is 5.59. The van der Waals surface area contributed by atoms with Crippen LogP contribution < -0.4 is 5.73 Å². The first-order chi connectivity index (χ1) is 9.65. The Morgan fingerprint density at radius 1 is 1.45 bits per heavy atom. The lowest BCUT2D eigenvalue weighted by Gasteiger charge is -2.34. The fourth-order valence-electron chi connectivity index (χ4n) is 2.81. The Hall–Kier alpha value is -1.43. The smallest absolute Gasteiger partial charge is 0.0850 e. The molecule has 108 valence electrons. The van der Waals surface area contributed by atoms with Crippen molar-refractivity contribution in [2.45, 2.75) is 25.6 Å². The monoisotopic (exact) mass is 274 g/mol. The summed E-state index contributed by atoms with van der Waals surface area (Å²) in [5.41, 5.74) is 8.26. The first-order valence-electron chi connectivity index (χ1n) is 7.15. The Morgan fingerprint density at radius 3 is 3.05 bits per heavy atom. The molecule has 2 heterocycles. The standard InChI is InChI=1S/C15H22N4O/c1-11(16)15-10-19(7-8-20-15)9-13-12-5-3-4-6-14(12)18(2)17-13/h3-6,11,15H,7-10,16H2,1-2H3. The highest BCUT2D eigenvalue weighted by Gasteiger charge is 2.24. The summed E-state index contributed by atoms with van der Waals surface area (Å²) in [6.45, 7) is 5.42. The van der Waals surface area contributed by atoms with Crippen molar-refractivity contribution in [3.05, 3.63) is 30.0 Å². The van der Waals surface area contributed by atoms with E-state index < -0.39 is 0 Å². The largest absolute Gasteiger partial charge is 0.374 e.